The monoisotopic (exact) mass is 294 g/mol. The summed E-state index contributed by atoms with van der Waals surface area (Å²) in [6, 6.07) is 3.98. The molecule has 0 atom stereocenters. The van der Waals surface area contributed by atoms with Gasteiger partial charge in [-0.3, -0.25) is 0 Å². The number of carbonyl (C=O) groups excluding carboxylic acids is 1. The summed E-state index contributed by atoms with van der Waals surface area (Å²) in [6.45, 7) is 4.93. The predicted molar refractivity (Wildman–Crippen MR) is 78.2 cm³/mol. The Bertz CT molecular complexity index is 540. The summed E-state index contributed by atoms with van der Waals surface area (Å²) in [5, 5.41) is 11.2. The zero-order valence-corrected chi connectivity index (χ0v) is 12.1. The van der Waals surface area contributed by atoms with Crippen molar-refractivity contribution in [2.24, 2.45) is 0 Å². The zero-order chi connectivity index (χ0) is 15.8. The third-order valence-corrected chi connectivity index (χ3v) is 2.97. The molecule has 0 unspecified atom stereocenters. The number of rotatable bonds is 6. The van der Waals surface area contributed by atoms with E-state index in [9.17, 15) is 14.0 Å². The van der Waals surface area contributed by atoms with Crippen molar-refractivity contribution >= 4 is 18.1 Å². The number of carboxylic acids is 1. The molecular formula is C15H19FN2O3. The minimum atomic E-state index is -1.07. The lowest BCUT2D eigenvalue weighted by Gasteiger charge is -2.19. The van der Waals surface area contributed by atoms with E-state index in [4.69, 9.17) is 5.11 Å². The summed E-state index contributed by atoms with van der Waals surface area (Å²) in [5.74, 6) is -1.52. The minimum absolute atomic E-state index is 0.0515. The van der Waals surface area contributed by atoms with Gasteiger partial charge in [-0.1, -0.05) is 6.07 Å². The average molecular weight is 294 g/mol. The van der Waals surface area contributed by atoms with Crippen molar-refractivity contribution in [2.75, 3.05) is 13.1 Å². The van der Waals surface area contributed by atoms with Gasteiger partial charge in [0.15, 0.2) is 0 Å². The number of carbonyl (C=O) groups is 2. The molecule has 0 aliphatic rings. The van der Waals surface area contributed by atoms with E-state index in [-0.39, 0.29) is 12.6 Å². The summed E-state index contributed by atoms with van der Waals surface area (Å²) < 4.78 is 13.7. The number of benzene rings is 1. The van der Waals surface area contributed by atoms with E-state index in [1.165, 1.54) is 24.3 Å². The molecule has 0 aromatic heterocycles. The summed E-state index contributed by atoms with van der Waals surface area (Å²) in [7, 11) is 0. The fourth-order valence-corrected chi connectivity index (χ4v) is 1.79. The van der Waals surface area contributed by atoms with Crippen molar-refractivity contribution in [1.29, 1.82) is 0 Å². The van der Waals surface area contributed by atoms with Gasteiger partial charge in [0.25, 0.3) is 0 Å². The number of hydrogen-bond donors (Lipinski definition) is 2. The van der Waals surface area contributed by atoms with Gasteiger partial charge >= 0.3 is 12.0 Å². The van der Waals surface area contributed by atoms with E-state index < -0.39 is 11.8 Å². The molecule has 2 N–H and O–H groups in total. The van der Waals surface area contributed by atoms with Crippen molar-refractivity contribution in [2.45, 2.75) is 20.4 Å². The van der Waals surface area contributed by atoms with E-state index in [1.807, 2.05) is 13.8 Å². The Balaban J connectivity index is 2.76. The molecule has 114 valence electrons. The summed E-state index contributed by atoms with van der Waals surface area (Å²) in [6.07, 6.45) is 2.35. The number of nitrogens with one attached hydrogen (secondary N) is 1. The van der Waals surface area contributed by atoms with Gasteiger partial charge in [-0.25, -0.2) is 14.0 Å². The Morgan fingerprint density at radius 3 is 2.57 bits per heavy atom. The first kappa shape index (κ1) is 16.7. The zero-order valence-electron chi connectivity index (χ0n) is 12.1. The quantitative estimate of drug-likeness (QED) is 0.792. The van der Waals surface area contributed by atoms with E-state index >= 15 is 0 Å². The molecule has 1 aromatic carbocycles. The standard InChI is InChI=1S/C15H19FN2O3/c1-3-18(4-2)15(21)17-10-12-9-11(5-7-13(12)16)6-8-14(19)20/h5-9H,3-4,10H2,1-2H3,(H,17,21)(H,19,20). The molecule has 0 spiro atoms. The van der Waals surface area contributed by atoms with Crippen LogP contribution in [0, 0.1) is 5.82 Å². The highest BCUT2D eigenvalue weighted by Gasteiger charge is 2.10. The van der Waals surface area contributed by atoms with Crippen LogP contribution in [0.25, 0.3) is 6.08 Å². The van der Waals surface area contributed by atoms with E-state index in [2.05, 4.69) is 5.32 Å². The average Bonchev–Trinajstić information content (AvgIpc) is 2.46. The van der Waals surface area contributed by atoms with Gasteiger partial charge in [-0.05, 0) is 37.6 Å². The predicted octanol–water partition coefficient (Wildman–Crippen LogP) is 2.47. The number of carboxylic acid groups (broad SMARTS) is 1. The normalized spacial score (nSPS) is 10.6. The van der Waals surface area contributed by atoms with Crippen molar-refractivity contribution in [3.05, 3.63) is 41.2 Å². The third kappa shape index (κ3) is 5.25. The molecule has 0 fully saturated rings. The molecule has 5 nitrogen and oxygen atoms in total. The Morgan fingerprint density at radius 1 is 1.33 bits per heavy atom. The maximum atomic E-state index is 13.7. The molecule has 0 heterocycles. The molecule has 21 heavy (non-hydrogen) atoms. The van der Waals surface area contributed by atoms with Crippen molar-refractivity contribution < 1.29 is 19.1 Å². The van der Waals surface area contributed by atoms with Gasteiger partial charge < -0.3 is 15.3 Å². The Hall–Kier alpha value is -2.37. The van der Waals surface area contributed by atoms with Gasteiger partial charge in [-0.15, -0.1) is 0 Å². The van der Waals surface area contributed by atoms with E-state index in [1.54, 1.807) is 4.90 Å². The highest BCUT2D eigenvalue weighted by atomic mass is 19.1. The molecule has 0 saturated carbocycles. The molecule has 6 heteroatoms. The summed E-state index contributed by atoms with van der Waals surface area (Å²) >= 11 is 0. The smallest absolute Gasteiger partial charge is 0.328 e. The second-order valence-corrected chi connectivity index (χ2v) is 4.35. The lowest BCUT2D eigenvalue weighted by Crippen LogP contribution is -2.39. The van der Waals surface area contributed by atoms with Gasteiger partial charge in [0.1, 0.15) is 5.82 Å². The van der Waals surface area contributed by atoms with E-state index in [0.717, 1.165) is 6.08 Å². The Kier molecular flexibility index (Phi) is 6.39. The van der Waals surface area contributed by atoms with Crippen LogP contribution in [0.1, 0.15) is 25.0 Å². The van der Waals surface area contributed by atoms with Crippen LogP contribution in [-0.2, 0) is 11.3 Å². The van der Waals surface area contributed by atoms with Crippen molar-refractivity contribution in [3.63, 3.8) is 0 Å². The maximum Gasteiger partial charge on any atom is 0.328 e. The maximum absolute atomic E-state index is 13.7. The van der Waals surface area contributed by atoms with Gasteiger partial charge in [0.05, 0.1) is 0 Å². The third-order valence-electron chi connectivity index (χ3n) is 2.97. The Morgan fingerprint density at radius 2 is 2.00 bits per heavy atom. The fraction of sp³-hybridized carbons (Fsp3) is 0.333. The largest absolute Gasteiger partial charge is 0.478 e. The molecule has 0 radical (unpaired) electrons. The molecule has 0 bridgehead atoms. The molecule has 0 aliphatic heterocycles. The minimum Gasteiger partial charge on any atom is -0.478 e. The van der Waals surface area contributed by atoms with Crippen LogP contribution in [0.4, 0.5) is 9.18 Å². The van der Waals surface area contributed by atoms with Crippen LogP contribution in [0.15, 0.2) is 24.3 Å². The molecule has 1 aromatic rings. The molecular weight excluding hydrogens is 275 g/mol. The van der Waals surface area contributed by atoms with Crippen molar-refractivity contribution in [3.8, 4) is 0 Å². The molecule has 0 aliphatic carbocycles. The van der Waals surface area contributed by atoms with Crippen LogP contribution in [0.3, 0.4) is 0 Å². The van der Waals surface area contributed by atoms with Crippen LogP contribution >= 0.6 is 0 Å². The summed E-state index contributed by atoms with van der Waals surface area (Å²) in [5.41, 5.74) is 0.869. The lowest BCUT2D eigenvalue weighted by atomic mass is 10.1. The highest BCUT2D eigenvalue weighted by Crippen LogP contribution is 2.12. The second kappa shape index (κ2) is 8.04. The van der Waals surface area contributed by atoms with Gasteiger partial charge in [0, 0.05) is 31.3 Å². The van der Waals surface area contributed by atoms with Gasteiger partial charge in [0.2, 0.25) is 0 Å². The number of amides is 2. The fourth-order valence-electron chi connectivity index (χ4n) is 1.79. The summed E-state index contributed by atoms with van der Waals surface area (Å²) in [4.78, 5) is 23.8. The van der Waals surface area contributed by atoms with Crippen LogP contribution < -0.4 is 5.32 Å². The second-order valence-electron chi connectivity index (χ2n) is 4.35. The number of halogens is 1. The van der Waals surface area contributed by atoms with E-state index in [0.29, 0.717) is 24.2 Å². The highest BCUT2D eigenvalue weighted by molar-refractivity contribution is 5.85. The van der Waals surface area contributed by atoms with Crippen LogP contribution in [0.5, 0.6) is 0 Å². The van der Waals surface area contributed by atoms with Crippen molar-refractivity contribution in [1.82, 2.24) is 10.2 Å². The SMILES string of the molecule is CCN(CC)C(=O)NCc1cc(C=CC(=O)O)ccc1F. The molecule has 2 amide bonds. The van der Waals surface area contributed by atoms with Crippen LogP contribution in [0.2, 0.25) is 0 Å². The van der Waals surface area contributed by atoms with Crippen LogP contribution in [-0.4, -0.2) is 35.1 Å². The molecule has 1 rings (SSSR count). The molecule has 0 saturated heterocycles. The lowest BCUT2D eigenvalue weighted by molar-refractivity contribution is -0.131. The van der Waals surface area contributed by atoms with Gasteiger partial charge in [-0.2, -0.15) is 0 Å². The number of nitrogens with zero attached hydrogens (tertiary/aromatic N) is 1. The first-order valence-corrected chi connectivity index (χ1v) is 6.70. The topological polar surface area (TPSA) is 69.6 Å². The number of hydrogen-bond acceptors (Lipinski definition) is 2. The first-order chi connectivity index (χ1) is 9.97. The Labute approximate surface area is 123 Å². The number of urea groups is 1. The first-order valence-electron chi connectivity index (χ1n) is 6.70. The number of aliphatic carboxylic acids is 1.